The monoisotopic (exact) mass is 570 g/mol. The SMILES string of the molecule is C/C1=C/C(=O)O[C@@H]2C[C@@H](CC[C@H](C)/C=C\C=C\CC1)O[C@@](OCCc1ccc(N)cc1)([C@@H]1CSC(=O)N1CO)C2. The van der Waals surface area contributed by atoms with Crippen LogP contribution in [0, 0.1) is 5.92 Å². The van der Waals surface area contributed by atoms with Crippen molar-refractivity contribution >= 4 is 28.7 Å². The number of nitrogens with two attached hydrogens (primary N) is 1. The van der Waals surface area contributed by atoms with E-state index in [0.29, 0.717) is 36.8 Å². The van der Waals surface area contributed by atoms with Crippen molar-refractivity contribution in [1.82, 2.24) is 4.90 Å². The van der Waals surface area contributed by atoms with E-state index in [4.69, 9.17) is 19.9 Å². The molecule has 3 heterocycles. The van der Waals surface area contributed by atoms with Gasteiger partial charge in [0, 0.05) is 30.4 Å². The molecule has 3 aliphatic rings. The molecule has 0 aliphatic carbocycles. The highest BCUT2D eigenvalue weighted by Crippen LogP contribution is 2.42. The first-order valence-electron chi connectivity index (χ1n) is 14.2. The highest BCUT2D eigenvalue weighted by atomic mass is 32.2. The number of benzene rings is 1. The number of hydrogen-bond donors (Lipinski definition) is 2. The summed E-state index contributed by atoms with van der Waals surface area (Å²) >= 11 is 1.14. The molecule has 3 N–H and O–H groups in total. The van der Waals surface area contributed by atoms with Gasteiger partial charge in [0.05, 0.1) is 18.8 Å². The summed E-state index contributed by atoms with van der Waals surface area (Å²) in [6.07, 6.45) is 14.0. The Morgan fingerprint density at radius 2 is 1.98 bits per heavy atom. The van der Waals surface area contributed by atoms with E-state index in [9.17, 15) is 14.7 Å². The minimum absolute atomic E-state index is 0.215. The molecule has 0 spiro atoms. The van der Waals surface area contributed by atoms with Gasteiger partial charge in [0.15, 0.2) is 5.79 Å². The number of anilines is 1. The fraction of sp³-hybridized carbons (Fsp3) is 0.548. The second-order valence-electron chi connectivity index (χ2n) is 11.0. The standard InChI is InChI=1S/C31H42N2O6S/c1-22-7-5-3-4-6-8-23(2)17-29(35)38-27-18-26(14-9-22)39-31(19-27,28-20-40-30(36)33(28)21-34)37-16-15-24-10-12-25(32)13-11-24/h3-5,7,10-13,17,22,26-28,34H,6,8-9,14-16,18-21,32H2,1-2H3/b4-3+,7-5-,23-17-/t22-,26-,27-,28+,31-/m1/s1. The summed E-state index contributed by atoms with van der Waals surface area (Å²) in [5, 5.41) is 9.90. The molecule has 2 saturated heterocycles. The molecule has 0 radical (unpaired) electrons. The number of esters is 1. The molecule has 5 atom stereocenters. The molecule has 4 rings (SSSR count). The Balaban J connectivity index is 1.62. The fourth-order valence-electron chi connectivity index (χ4n) is 5.50. The number of carbonyl (C=O) groups excluding carboxylic acids is 2. The predicted molar refractivity (Wildman–Crippen MR) is 157 cm³/mol. The first kappa shape index (κ1) is 30.4. The van der Waals surface area contributed by atoms with Gasteiger partial charge in [0.2, 0.25) is 0 Å². The van der Waals surface area contributed by atoms with Crippen molar-refractivity contribution < 1.29 is 28.9 Å². The molecule has 1 aromatic carbocycles. The highest BCUT2D eigenvalue weighted by molar-refractivity contribution is 8.13. The van der Waals surface area contributed by atoms with E-state index in [1.165, 1.54) is 4.90 Å². The van der Waals surface area contributed by atoms with E-state index in [1.807, 2.05) is 31.2 Å². The molecule has 8 nitrogen and oxygen atoms in total. The normalized spacial score (nSPS) is 33.2. The van der Waals surface area contributed by atoms with E-state index in [-0.39, 0.29) is 23.7 Å². The molecule has 2 bridgehead atoms. The minimum atomic E-state index is -1.23. The van der Waals surface area contributed by atoms with Crippen LogP contribution in [0.3, 0.4) is 0 Å². The first-order valence-corrected chi connectivity index (χ1v) is 15.2. The molecule has 0 aromatic heterocycles. The van der Waals surface area contributed by atoms with E-state index >= 15 is 0 Å². The number of nitrogens with zero attached hydrogens (tertiary/aromatic N) is 1. The lowest BCUT2D eigenvalue weighted by molar-refractivity contribution is -0.316. The van der Waals surface area contributed by atoms with Crippen molar-refractivity contribution in [3.63, 3.8) is 0 Å². The fourth-order valence-corrected chi connectivity index (χ4v) is 6.58. The Hall–Kier alpha value is -2.59. The quantitative estimate of drug-likeness (QED) is 0.347. The second-order valence-corrected chi connectivity index (χ2v) is 12.0. The van der Waals surface area contributed by atoms with Crippen LogP contribution in [0.5, 0.6) is 0 Å². The topological polar surface area (TPSA) is 111 Å². The second kappa shape index (κ2) is 14.3. The number of ether oxygens (including phenoxy) is 3. The van der Waals surface area contributed by atoms with Crippen LogP contribution in [-0.4, -0.2) is 64.3 Å². The minimum Gasteiger partial charge on any atom is -0.459 e. The highest BCUT2D eigenvalue weighted by Gasteiger charge is 2.54. The number of aliphatic hydroxyl groups excluding tert-OH is 1. The number of aliphatic hydroxyl groups is 1. The van der Waals surface area contributed by atoms with Crippen LogP contribution in [0.25, 0.3) is 0 Å². The molecule has 0 unspecified atom stereocenters. The zero-order valence-corrected chi connectivity index (χ0v) is 24.3. The maximum absolute atomic E-state index is 12.9. The van der Waals surface area contributed by atoms with Gasteiger partial charge in [-0.05, 0) is 62.6 Å². The largest absolute Gasteiger partial charge is 0.459 e. The van der Waals surface area contributed by atoms with Crippen molar-refractivity contribution in [1.29, 1.82) is 0 Å². The molecule has 1 aromatic rings. The van der Waals surface area contributed by atoms with Crippen molar-refractivity contribution in [3.8, 4) is 0 Å². The van der Waals surface area contributed by atoms with Crippen LogP contribution in [0.4, 0.5) is 10.5 Å². The van der Waals surface area contributed by atoms with E-state index < -0.39 is 24.7 Å². The van der Waals surface area contributed by atoms with Crippen LogP contribution in [0.15, 0.2) is 60.2 Å². The van der Waals surface area contributed by atoms with Gasteiger partial charge in [0.1, 0.15) is 12.8 Å². The number of fused-ring (bicyclic) bond motifs is 2. The Morgan fingerprint density at radius 3 is 2.75 bits per heavy atom. The molecular weight excluding hydrogens is 528 g/mol. The van der Waals surface area contributed by atoms with Gasteiger partial charge in [-0.3, -0.25) is 4.79 Å². The third-order valence-electron chi connectivity index (χ3n) is 7.74. The maximum Gasteiger partial charge on any atom is 0.330 e. The third-order valence-corrected chi connectivity index (χ3v) is 8.70. The van der Waals surface area contributed by atoms with Crippen molar-refractivity contribution in [2.75, 3.05) is 24.8 Å². The van der Waals surface area contributed by atoms with Gasteiger partial charge < -0.3 is 30.0 Å². The third kappa shape index (κ3) is 8.22. The van der Waals surface area contributed by atoms with E-state index in [2.05, 4.69) is 31.2 Å². The van der Waals surface area contributed by atoms with Crippen LogP contribution >= 0.6 is 11.8 Å². The van der Waals surface area contributed by atoms with Gasteiger partial charge in [-0.25, -0.2) is 4.79 Å². The average Bonchev–Trinajstić information content (AvgIpc) is 3.31. The molecule has 3 aliphatic heterocycles. The van der Waals surface area contributed by atoms with Gasteiger partial charge in [0.25, 0.3) is 5.24 Å². The molecule has 40 heavy (non-hydrogen) atoms. The predicted octanol–water partition coefficient (Wildman–Crippen LogP) is 5.37. The summed E-state index contributed by atoms with van der Waals surface area (Å²) < 4.78 is 19.4. The molecule has 2 fully saturated rings. The lowest BCUT2D eigenvalue weighted by Gasteiger charge is -2.48. The molecular formula is C31H42N2O6S. The summed E-state index contributed by atoms with van der Waals surface area (Å²) in [4.78, 5) is 27.0. The van der Waals surface area contributed by atoms with Crippen molar-refractivity contribution in [3.05, 3.63) is 65.8 Å². The Bertz CT molecular complexity index is 1100. The molecule has 0 saturated carbocycles. The number of thioether (sulfide) groups is 1. The number of allylic oxidation sites excluding steroid dienone is 5. The summed E-state index contributed by atoms with van der Waals surface area (Å²) in [6, 6.07) is 7.11. The van der Waals surface area contributed by atoms with Crippen LogP contribution in [0.1, 0.15) is 57.9 Å². The first-order chi connectivity index (χ1) is 19.3. The maximum atomic E-state index is 12.9. The average molecular weight is 571 g/mol. The van der Waals surface area contributed by atoms with Crippen LogP contribution in [0.2, 0.25) is 0 Å². The molecule has 1 amide bonds. The lowest BCUT2D eigenvalue weighted by Crippen LogP contribution is -2.61. The van der Waals surface area contributed by atoms with Gasteiger partial charge in [-0.2, -0.15) is 0 Å². The van der Waals surface area contributed by atoms with Gasteiger partial charge in [-0.1, -0.05) is 60.7 Å². The summed E-state index contributed by atoms with van der Waals surface area (Å²) in [5.74, 6) is -0.849. The molecule has 9 heteroatoms. The number of rotatable bonds is 6. The smallest absolute Gasteiger partial charge is 0.330 e. The molecule has 218 valence electrons. The van der Waals surface area contributed by atoms with Crippen molar-refractivity contribution in [2.24, 2.45) is 5.92 Å². The zero-order valence-electron chi connectivity index (χ0n) is 23.5. The number of nitrogen functional groups attached to an aromatic ring is 1. The summed E-state index contributed by atoms with van der Waals surface area (Å²) in [6.45, 7) is 4.01. The van der Waals surface area contributed by atoms with Crippen molar-refractivity contribution in [2.45, 2.75) is 82.8 Å². The number of carbonyl (C=O) groups is 2. The van der Waals surface area contributed by atoms with E-state index in [0.717, 1.165) is 48.6 Å². The summed E-state index contributed by atoms with van der Waals surface area (Å²) in [5.41, 5.74) is 8.55. The van der Waals surface area contributed by atoms with Crippen LogP contribution < -0.4 is 5.73 Å². The number of hydrogen-bond acceptors (Lipinski definition) is 8. The lowest BCUT2D eigenvalue weighted by atomic mass is 9.89. The van der Waals surface area contributed by atoms with E-state index in [1.54, 1.807) is 6.08 Å². The number of amides is 1. The van der Waals surface area contributed by atoms with Gasteiger partial charge in [-0.15, -0.1) is 0 Å². The zero-order chi connectivity index (χ0) is 28.5. The Morgan fingerprint density at radius 1 is 1.18 bits per heavy atom. The van der Waals surface area contributed by atoms with Gasteiger partial charge >= 0.3 is 5.97 Å². The Kier molecular flexibility index (Phi) is 10.9. The summed E-state index contributed by atoms with van der Waals surface area (Å²) in [7, 11) is 0. The van der Waals surface area contributed by atoms with Crippen LogP contribution in [-0.2, 0) is 25.4 Å². The Labute approximate surface area is 241 Å².